The normalized spacial score (nSPS) is 19.5. The maximum absolute atomic E-state index is 11.5. The third-order valence-electron chi connectivity index (χ3n) is 7.13. The van der Waals surface area contributed by atoms with Crippen LogP contribution in [0.5, 0.6) is 5.75 Å². The molecule has 0 amide bonds. The number of rotatable bonds is 7. The van der Waals surface area contributed by atoms with Gasteiger partial charge in [0.15, 0.2) is 5.11 Å². The molecule has 2 atom stereocenters. The molecule has 3 heterocycles. The Hall–Kier alpha value is -4.17. The number of anilines is 1. The average molecular weight is 526 g/mol. The number of nitrogens with one attached hydrogen (secondary N) is 1. The molecular weight excluding hydrogens is 498 g/mol. The second-order valence-electron chi connectivity index (χ2n) is 9.60. The van der Waals surface area contributed by atoms with Gasteiger partial charge in [0.25, 0.3) is 0 Å². The molecule has 0 radical (unpaired) electrons. The SMILES string of the molecule is O=C(O)c1cccc(-c2ccc([C@H]3[C@H](c4ccccn4)NC(=S)N3c3ccc(OC4CCCC4)cc3)o2)c1. The Bertz CT molecular complexity index is 1450. The number of carboxylic acids is 1. The molecule has 0 unspecified atom stereocenters. The van der Waals surface area contributed by atoms with E-state index in [1.165, 1.54) is 12.8 Å². The van der Waals surface area contributed by atoms with Crippen LogP contribution in [0.3, 0.4) is 0 Å². The predicted octanol–water partition coefficient (Wildman–Crippen LogP) is 6.54. The fourth-order valence-electron chi connectivity index (χ4n) is 5.28. The largest absolute Gasteiger partial charge is 0.490 e. The fraction of sp³-hybridized carbons (Fsp3) is 0.233. The van der Waals surface area contributed by atoms with Gasteiger partial charge < -0.3 is 24.5 Å². The number of thiocarbonyl (C=S) groups is 1. The van der Waals surface area contributed by atoms with Crippen LogP contribution in [0.15, 0.2) is 89.5 Å². The van der Waals surface area contributed by atoms with E-state index >= 15 is 0 Å². The molecule has 1 aliphatic heterocycles. The van der Waals surface area contributed by atoms with Crippen molar-refractivity contribution in [2.45, 2.75) is 43.9 Å². The Morgan fingerprint density at radius 3 is 2.58 bits per heavy atom. The Kier molecular flexibility index (Phi) is 6.55. The lowest BCUT2D eigenvalue weighted by Gasteiger charge is -2.26. The highest BCUT2D eigenvalue weighted by Crippen LogP contribution is 2.43. The lowest BCUT2D eigenvalue weighted by atomic mass is 10.0. The molecule has 4 aromatic rings. The maximum atomic E-state index is 11.5. The number of aromatic nitrogens is 1. The molecule has 2 fully saturated rings. The molecule has 7 nitrogen and oxygen atoms in total. The van der Waals surface area contributed by atoms with Crippen LogP contribution in [0.25, 0.3) is 11.3 Å². The van der Waals surface area contributed by atoms with E-state index in [4.69, 9.17) is 21.4 Å². The lowest BCUT2D eigenvalue weighted by Crippen LogP contribution is -2.29. The van der Waals surface area contributed by atoms with Crippen LogP contribution >= 0.6 is 12.2 Å². The molecule has 6 rings (SSSR count). The monoisotopic (exact) mass is 525 g/mol. The topological polar surface area (TPSA) is 87.8 Å². The molecule has 2 aliphatic rings. The molecular formula is C30H27N3O4S. The van der Waals surface area contributed by atoms with Crippen LogP contribution in [0, 0.1) is 0 Å². The summed E-state index contributed by atoms with van der Waals surface area (Å²) in [7, 11) is 0. The van der Waals surface area contributed by atoms with Gasteiger partial charge in [-0.1, -0.05) is 18.2 Å². The van der Waals surface area contributed by atoms with Crippen molar-refractivity contribution >= 4 is 29.0 Å². The summed E-state index contributed by atoms with van der Waals surface area (Å²) in [4.78, 5) is 18.1. The van der Waals surface area contributed by atoms with Gasteiger partial charge in [-0.15, -0.1) is 0 Å². The van der Waals surface area contributed by atoms with E-state index in [0.29, 0.717) is 22.2 Å². The molecule has 8 heteroatoms. The number of pyridine rings is 1. The zero-order chi connectivity index (χ0) is 26.1. The number of carboxylic acid groups (broad SMARTS) is 1. The standard InChI is InChI=1S/C30H27N3O4S/c34-29(35)20-7-5-6-19(18-20)25-15-16-26(37-25)28-27(24-10-3-4-17-31-24)32-30(38)33(28)21-11-13-23(14-12-21)36-22-8-1-2-9-22/h3-7,10-18,22,27-28H,1-2,8-9H2,(H,32,38)(H,34,35)/t27-,28-/m0/s1. The summed E-state index contributed by atoms with van der Waals surface area (Å²) in [6.45, 7) is 0. The van der Waals surface area contributed by atoms with Crippen molar-refractivity contribution in [3.05, 3.63) is 102 Å². The molecule has 1 saturated carbocycles. The highest BCUT2D eigenvalue weighted by Gasteiger charge is 2.42. The minimum absolute atomic E-state index is 0.206. The number of nitrogens with zero attached hydrogens (tertiary/aromatic N) is 2. The van der Waals surface area contributed by atoms with Crippen molar-refractivity contribution in [3.8, 4) is 17.1 Å². The number of furan rings is 1. The zero-order valence-electron chi connectivity index (χ0n) is 20.6. The van der Waals surface area contributed by atoms with Crippen LogP contribution in [0.1, 0.15) is 59.6 Å². The maximum Gasteiger partial charge on any atom is 0.335 e. The van der Waals surface area contributed by atoms with E-state index in [9.17, 15) is 9.90 Å². The number of aromatic carboxylic acids is 1. The Morgan fingerprint density at radius 2 is 1.84 bits per heavy atom. The molecule has 38 heavy (non-hydrogen) atoms. The van der Waals surface area contributed by atoms with Gasteiger partial charge in [-0.2, -0.15) is 0 Å². The van der Waals surface area contributed by atoms with Crippen molar-refractivity contribution in [1.29, 1.82) is 0 Å². The number of hydrogen-bond donors (Lipinski definition) is 2. The Morgan fingerprint density at radius 1 is 1.03 bits per heavy atom. The minimum atomic E-state index is -0.981. The highest BCUT2D eigenvalue weighted by atomic mass is 32.1. The minimum Gasteiger partial charge on any atom is -0.490 e. The molecule has 2 aromatic heterocycles. The van der Waals surface area contributed by atoms with Crippen molar-refractivity contribution in [3.63, 3.8) is 0 Å². The predicted molar refractivity (Wildman–Crippen MR) is 148 cm³/mol. The molecule has 2 N–H and O–H groups in total. The second-order valence-corrected chi connectivity index (χ2v) is 9.99. The summed E-state index contributed by atoms with van der Waals surface area (Å²) in [6.07, 6.45) is 6.70. The summed E-state index contributed by atoms with van der Waals surface area (Å²) in [5.74, 6) is 1.15. The molecule has 0 bridgehead atoms. The first kappa shape index (κ1) is 24.2. The van der Waals surface area contributed by atoms with Crippen LogP contribution in [-0.4, -0.2) is 27.3 Å². The Balaban J connectivity index is 1.35. The quantitative estimate of drug-likeness (QED) is 0.263. The number of carbonyl (C=O) groups is 1. The summed E-state index contributed by atoms with van der Waals surface area (Å²) in [5, 5.41) is 13.4. The highest BCUT2D eigenvalue weighted by molar-refractivity contribution is 7.80. The first-order valence-corrected chi connectivity index (χ1v) is 13.2. The third-order valence-corrected chi connectivity index (χ3v) is 7.44. The van der Waals surface area contributed by atoms with Crippen molar-refractivity contribution < 1.29 is 19.1 Å². The van der Waals surface area contributed by atoms with E-state index in [0.717, 1.165) is 30.0 Å². The van der Waals surface area contributed by atoms with Gasteiger partial charge in [0.1, 0.15) is 23.3 Å². The van der Waals surface area contributed by atoms with Crippen molar-refractivity contribution in [2.75, 3.05) is 4.90 Å². The van der Waals surface area contributed by atoms with Gasteiger partial charge in [-0.3, -0.25) is 4.98 Å². The number of benzene rings is 2. The molecule has 1 aliphatic carbocycles. The summed E-state index contributed by atoms with van der Waals surface area (Å²) < 4.78 is 12.5. The number of hydrogen-bond acceptors (Lipinski definition) is 5. The lowest BCUT2D eigenvalue weighted by molar-refractivity contribution is 0.0697. The van der Waals surface area contributed by atoms with E-state index < -0.39 is 5.97 Å². The van der Waals surface area contributed by atoms with Gasteiger partial charge in [0, 0.05) is 17.4 Å². The second kappa shape index (κ2) is 10.3. The van der Waals surface area contributed by atoms with E-state index in [1.807, 2.05) is 65.6 Å². The van der Waals surface area contributed by atoms with Crippen molar-refractivity contribution in [1.82, 2.24) is 10.3 Å². The third kappa shape index (κ3) is 4.75. The van der Waals surface area contributed by atoms with Crippen LogP contribution in [0.4, 0.5) is 5.69 Å². The van der Waals surface area contributed by atoms with Gasteiger partial charge in [0.05, 0.1) is 23.4 Å². The molecule has 192 valence electrons. The van der Waals surface area contributed by atoms with E-state index in [2.05, 4.69) is 10.3 Å². The van der Waals surface area contributed by atoms with Crippen LogP contribution < -0.4 is 15.0 Å². The first-order chi connectivity index (χ1) is 18.6. The molecule has 2 aromatic carbocycles. The van der Waals surface area contributed by atoms with Crippen LogP contribution in [-0.2, 0) is 0 Å². The number of ether oxygens (including phenoxy) is 1. The van der Waals surface area contributed by atoms with Crippen molar-refractivity contribution in [2.24, 2.45) is 0 Å². The Labute approximate surface area is 226 Å². The zero-order valence-corrected chi connectivity index (χ0v) is 21.4. The summed E-state index contributed by atoms with van der Waals surface area (Å²) in [5.41, 5.74) is 2.65. The average Bonchev–Trinajstić information content (AvgIpc) is 3.70. The first-order valence-electron chi connectivity index (χ1n) is 12.8. The molecule has 0 spiro atoms. The fourth-order valence-corrected chi connectivity index (χ4v) is 5.62. The van der Waals surface area contributed by atoms with E-state index in [-0.39, 0.29) is 23.8 Å². The summed E-state index contributed by atoms with van der Waals surface area (Å²) >= 11 is 5.82. The van der Waals surface area contributed by atoms with E-state index in [1.54, 1.807) is 24.4 Å². The van der Waals surface area contributed by atoms with Gasteiger partial charge >= 0.3 is 5.97 Å². The van der Waals surface area contributed by atoms with Crippen LogP contribution in [0.2, 0.25) is 0 Å². The van der Waals surface area contributed by atoms with Gasteiger partial charge in [-0.25, -0.2) is 4.79 Å². The van der Waals surface area contributed by atoms with Gasteiger partial charge in [0.2, 0.25) is 0 Å². The summed E-state index contributed by atoms with van der Waals surface area (Å²) in [6, 6.07) is 23.8. The molecule has 1 saturated heterocycles. The van der Waals surface area contributed by atoms with Gasteiger partial charge in [-0.05, 0) is 98.6 Å². The smallest absolute Gasteiger partial charge is 0.335 e.